The summed E-state index contributed by atoms with van der Waals surface area (Å²) < 4.78 is 2.01. The quantitative estimate of drug-likeness (QED) is 0.884. The number of fused-ring (bicyclic) bond motifs is 1. The number of imidazole rings is 1. The van der Waals surface area contributed by atoms with Gasteiger partial charge in [0.05, 0.1) is 12.2 Å². The molecule has 1 saturated heterocycles. The molecule has 3 heterocycles. The summed E-state index contributed by atoms with van der Waals surface area (Å²) in [5.74, 6) is 1.34. The predicted octanol–water partition coefficient (Wildman–Crippen LogP) is 2.59. The van der Waals surface area contributed by atoms with E-state index in [1.165, 1.54) is 6.42 Å². The fourth-order valence-electron chi connectivity index (χ4n) is 2.96. The molecule has 1 N–H and O–H groups in total. The summed E-state index contributed by atoms with van der Waals surface area (Å²) in [5, 5.41) is 9.83. The molecule has 4 nitrogen and oxygen atoms in total. The van der Waals surface area contributed by atoms with Crippen LogP contribution in [0.15, 0.2) is 24.5 Å². The van der Waals surface area contributed by atoms with Gasteiger partial charge < -0.3 is 5.11 Å². The summed E-state index contributed by atoms with van der Waals surface area (Å²) in [6.45, 7) is 5.59. The molecule has 0 amide bonds. The smallest absolute Gasteiger partial charge is 0.141 e. The van der Waals surface area contributed by atoms with Crippen molar-refractivity contribution in [3.63, 3.8) is 0 Å². The predicted molar refractivity (Wildman–Crippen MR) is 70.7 cm³/mol. The average Bonchev–Trinajstić information content (AvgIpc) is 2.94. The molecule has 18 heavy (non-hydrogen) atoms. The average molecular weight is 245 g/mol. The van der Waals surface area contributed by atoms with Crippen LogP contribution in [0.1, 0.15) is 38.6 Å². The highest BCUT2D eigenvalue weighted by Crippen LogP contribution is 2.34. The van der Waals surface area contributed by atoms with Crippen LogP contribution in [0.5, 0.6) is 5.75 Å². The molecular weight excluding hydrogens is 226 g/mol. The van der Waals surface area contributed by atoms with E-state index < -0.39 is 0 Å². The zero-order valence-electron chi connectivity index (χ0n) is 10.9. The Morgan fingerprint density at radius 1 is 1.44 bits per heavy atom. The molecule has 0 aromatic carbocycles. The van der Waals surface area contributed by atoms with E-state index in [0.29, 0.717) is 17.8 Å². The maximum absolute atomic E-state index is 9.83. The third-order valence-corrected chi connectivity index (χ3v) is 3.83. The number of rotatable bonds is 2. The van der Waals surface area contributed by atoms with Gasteiger partial charge in [-0.05, 0) is 45.4 Å². The Morgan fingerprint density at radius 3 is 3.06 bits per heavy atom. The van der Waals surface area contributed by atoms with Crippen LogP contribution < -0.4 is 0 Å². The molecule has 2 aromatic rings. The second kappa shape index (κ2) is 4.28. The van der Waals surface area contributed by atoms with E-state index in [1.54, 1.807) is 12.3 Å². The highest BCUT2D eigenvalue weighted by molar-refractivity contribution is 5.58. The molecule has 0 aliphatic carbocycles. The Kier molecular flexibility index (Phi) is 2.74. The van der Waals surface area contributed by atoms with Gasteiger partial charge in [-0.25, -0.2) is 4.98 Å². The molecule has 1 aliphatic heterocycles. The number of aromatic nitrogens is 2. The maximum atomic E-state index is 9.83. The highest BCUT2D eigenvalue weighted by atomic mass is 16.3. The van der Waals surface area contributed by atoms with Crippen molar-refractivity contribution in [1.82, 2.24) is 14.3 Å². The largest absolute Gasteiger partial charge is 0.506 e. The molecule has 1 unspecified atom stereocenters. The first-order chi connectivity index (χ1) is 8.68. The standard InChI is InChI=1S/C14H19N3O/c1-10(2)16-7-3-5-11(16)14-15-9-12-13(18)6-4-8-17(12)14/h4,6,8-11,18H,3,5,7H2,1-2H3. The second-order valence-electron chi connectivity index (χ2n) is 5.25. The first-order valence-electron chi connectivity index (χ1n) is 6.59. The molecule has 2 aromatic heterocycles. The van der Waals surface area contributed by atoms with E-state index in [1.807, 2.05) is 16.7 Å². The van der Waals surface area contributed by atoms with Gasteiger partial charge in [0.2, 0.25) is 0 Å². The molecule has 1 atom stereocenters. The zero-order chi connectivity index (χ0) is 12.7. The van der Waals surface area contributed by atoms with Crippen LogP contribution in [0, 0.1) is 0 Å². The third-order valence-electron chi connectivity index (χ3n) is 3.83. The Labute approximate surface area is 107 Å². The molecule has 3 rings (SSSR count). The molecular formula is C14H19N3O. The van der Waals surface area contributed by atoms with Gasteiger partial charge >= 0.3 is 0 Å². The van der Waals surface area contributed by atoms with Crippen LogP contribution in [0.2, 0.25) is 0 Å². The van der Waals surface area contributed by atoms with Gasteiger partial charge in [0, 0.05) is 12.2 Å². The zero-order valence-corrected chi connectivity index (χ0v) is 10.9. The Hall–Kier alpha value is -1.55. The van der Waals surface area contributed by atoms with Crippen molar-refractivity contribution >= 4 is 5.52 Å². The van der Waals surface area contributed by atoms with Gasteiger partial charge in [0.25, 0.3) is 0 Å². The highest BCUT2D eigenvalue weighted by Gasteiger charge is 2.30. The minimum absolute atomic E-state index is 0.297. The molecule has 0 bridgehead atoms. The first kappa shape index (κ1) is 11.5. The molecule has 1 fully saturated rings. The molecule has 0 radical (unpaired) electrons. The van der Waals surface area contributed by atoms with Crippen LogP contribution in [-0.4, -0.2) is 32.0 Å². The van der Waals surface area contributed by atoms with Crippen molar-refractivity contribution in [3.8, 4) is 5.75 Å². The van der Waals surface area contributed by atoms with Gasteiger partial charge in [-0.3, -0.25) is 9.30 Å². The first-order valence-corrected chi connectivity index (χ1v) is 6.59. The van der Waals surface area contributed by atoms with E-state index in [4.69, 9.17) is 0 Å². The summed E-state index contributed by atoms with van der Waals surface area (Å²) >= 11 is 0. The van der Waals surface area contributed by atoms with Crippen molar-refractivity contribution in [1.29, 1.82) is 0 Å². The lowest BCUT2D eigenvalue weighted by molar-refractivity contribution is 0.198. The SMILES string of the molecule is CC(C)N1CCCC1c1ncc2c(O)cccn12. The number of hydrogen-bond acceptors (Lipinski definition) is 3. The topological polar surface area (TPSA) is 40.8 Å². The van der Waals surface area contributed by atoms with Gasteiger partial charge in [0.15, 0.2) is 0 Å². The number of hydrogen-bond donors (Lipinski definition) is 1. The Morgan fingerprint density at radius 2 is 2.28 bits per heavy atom. The second-order valence-corrected chi connectivity index (χ2v) is 5.25. The van der Waals surface area contributed by atoms with Gasteiger partial charge in [0.1, 0.15) is 17.1 Å². The third kappa shape index (κ3) is 1.68. The molecule has 96 valence electrons. The lowest BCUT2D eigenvalue weighted by Gasteiger charge is -2.27. The van der Waals surface area contributed by atoms with Gasteiger partial charge in [-0.15, -0.1) is 0 Å². The lowest BCUT2D eigenvalue weighted by atomic mass is 10.2. The number of aromatic hydroxyl groups is 1. The summed E-state index contributed by atoms with van der Waals surface area (Å²) in [4.78, 5) is 7.02. The van der Waals surface area contributed by atoms with Crippen molar-refractivity contribution in [2.45, 2.75) is 38.8 Å². The summed E-state index contributed by atoms with van der Waals surface area (Å²) in [6, 6.07) is 4.47. The van der Waals surface area contributed by atoms with E-state index in [0.717, 1.165) is 24.3 Å². The maximum Gasteiger partial charge on any atom is 0.141 e. The lowest BCUT2D eigenvalue weighted by Crippen LogP contribution is -2.31. The molecule has 4 heteroatoms. The van der Waals surface area contributed by atoms with E-state index in [-0.39, 0.29) is 0 Å². The minimum atomic E-state index is 0.297. The number of pyridine rings is 1. The van der Waals surface area contributed by atoms with E-state index >= 15 is 0 Å². The Bertz CT molecular complexity index is 561. The molecule has 1 aliphatic rings. The normalized spacial score (nSPS) is 21.2. The summed E-state index contributed by atoms with van der Waals surface area (Å²) in [7, 11) is 0. The van der Waals surface area contributed by atoms with Crippen LogP contribution in [-0.2, 0) is 0 Å². The Balaban J connectivity index is 2.07. The summed E-state index contributed by atoms with van der Waals surface area (Å²) in [5.41, 5.74) is 0.795. The van der Waals surface area contributed by atoms with Crippen LogP contribution in [0.25, 0.3) is 5.52 Å². The fraction of sp³-hybridized carbons (Fsp3) is 0.500. The monoisotopic (exact) mass is 245 g/mol. The van der Waals surface area contributed by atoms with E-state index in [9.17, 15) is 5.11 Å². The van der Waals surface area contributed by atoms with Crippen molar-refractivity contribution < 1.29 is 5.11 Å². The fourth-order valence-corrected chi connectivity index (χ4v) is 2.96. The van der Waals surface area contributed by atoms with Crippen LogP contribution in [0.4, 0.5) is 0 Å². The van der Waals surface area contributed by atoms with Crippen LogP contribution in [0.3, 0.4) is 0 Å². The number of nitrogens with zero attached hydrogens (tertiary/aromatic N) is 3. The van der Waals surface area contributed by atoms with E-state index in [2.05, 4.69) is 23.7 Å². The van der Waals surface area contributed by atoms with Crippen LogP contribution >= 0.6 is 0 Å². The summed E-state index contributed by atoms with van der Waals surface area (Å²) in [6.07, 6.45) is 6.11. The minimum Gasteiger partial charge on any atom is -0.506 e. The van der Waals surface area contributed by atoms with Crippen molar-refractivity contribution in [2.24, 2.45) is 0 Å². The van der Waals surface area contributed by atoms with Gasteiger partial charge in [-0.2, -0.15) is 0 Å². The van der Waals surface area contributed by atoms with Gasteiger partial charge in [-0.1, -0.05) is 0 Å². The molecule has 0 saturated carbocycles. The van der Waals surface area contributed by atoms with Crippen molar-refractivity contribution in [2.75, 3.05) is 6.54 Å². The molecule has 0 spiro atoms. The van der Waals surface area contributed by atoms with Crippen molar-refractivity contribution in [3.05, 3.63) is 30.4 Å². The number of likely N-dealkylation sites (tertiary alicyclic amines) is 1.